The van der Waals surface area contributed by atoms with Crippen LogP contribution in [-0.4, -0.2) is 18.8 Å². The Labute approximate surface area is 75.3 Å². The van der Waals surface area contributed by atoms with Crippen molar-refractivity contribution in [1.29, 1.82) is 5.26 Å². The van der Waals surface area contributed by atoms with Crippen LogP contribution in [0.5, 0.6) is 0 Å². The lowest BCUT2D eigenvalue weighted by Gasteiger charge is -2.25. The lowest BCUT2D eigenvalue weighted by atomic mass is 10.2. The summed E-state index contributed by atoms with van der Waals surface area (Å²) >= 11 is 0. The molecule has 0 unspecified atom stereocenters. The number of nitrogens with zero attached hydrogens (tertiary/aromatic N) is 1. The molecule has 0 aliphatic carbocycles. The molecule has 0 bridgehead atoms. The van der Waals surface area contributed by atoms with E-state index in [2.05, 4.69) is 24.8 Å². The predicted molar refractivity (Wildman–Crippen MR) is 54.8 cm³/mol. The molecule has 12 heavy (non-hydrogen) atoms. The molecule has 0 radical (unpaired) electrons. The number of benzene rings is 1. The highest BCUT2D eigenvalue weighted by Gasteiger charge is 2.06. The first kappa shape index (κ1) is 9.15. The molecule has 0 spiro atoms. The van der Waals surface area contributed by atoms with Crippen LogP contribution >= 0.6 is 10.0 Å². The molecule has 0 heterocycles. The predicted octanol–water partition coefficient (Wildman–Crippen LogP) is 2.61. The van der Waals surface area contributed by atoms with E-state index in [1.54, 1.807) is 0 Å². The highest BCUT2D eigenvalue weighted by Crippen LogP contribution is 2.44. The van der Waals surface area contributed by atoms with E-state index in [-0.39, 0.29) is 0 Å². The van der Waals surface area contributed by atoms with Gasteiger partial charge in [0.05, 0.1) is 11.6 Å². The molecule has 2 heteroatoms. The molecule has 0 amide bonds. The fraction of sp³-hybridized carbons (Fsp3) is 0.300. The van der Waals surface area contributed by atoms with Gasteiger partial charge in [0, 0.05) is 0 Å². The molecule has 1 aromatic rings. The largest absolute Gasteiger partial charge is 0.223 e. The summed E-state index contributed by atoms with van der Waals surface area (Å²) in [6.07, 6.45) is 6.73. The quantitative estimate of drug-likeness (QED) is 0.650. The van der Waals surface area contributed by atoms with Crippen LogP contribution in [0.2, 0.25) is 0 Å². The first-order chi connectivity index (χ1) is 5.54. The molecule has 1 aromatic carbocycles. The lowest BCUT2D eigenvalue weighted by molar-refractivity contribution is 1.40. The smallest absolute Gasteiger partial charge is 0.0991 e. The standard InChI is InChI=1S/C10H13NS/c1-12(2,3)10-6-4-9(8-11)5-7-10/h4-7H,1-3H3. The van der Waals surface area contributed by atoms with Crippen molar-refractivity contribution in [2.24, 2.45) is 0 Å². The Balaban J connectivity index is 3.02. The van der Waals surface area contributed by atoms with Crippen molar-refractivity contribution in [3.05, 3.63) is 29.8 Å². The molecule has 0 fully saturated rings. The van der Waals surface area contributed by atoms with Gasteiger partial charge in [-0.2, -0.15) is 5.26 Å². The molecule has 0 aromatic heterocycles. The van der Waals surface area contributed by atoms with E-state index in [0.717, 1.165) is 5.56 Å². The second kappa shape index (κ2) is 3.20. The van der Waals surface area contributed by atoms with Crippen molar-refractivity contribution in [1.82, 2.24) is 0 Å². The zero-order valence-corrected chi connectivity index (χ0v) is 8.48. The van der Waals surface area contributed by atoms with Gasteiger partial charge in [0.15, 0.2) is 0 Å². The van der Waals surface area contributed by atoms with Crippen LogP contribution in [0, 0.1) is 11.3 Å². The van der Waals surface area contributed by atoms with Crippen LogP contribution in [0.25, 0.3) is 0 Å². The Morgan fingerprint density at radius 1 is 1.08 bits per heavy atom. The van der Waals surface area contributed by atoms with Gasteiger partial charge < -0.3 is 0 Å². The minimum Gasteiger partial charge on any atom is -0.223 e. The van der Waals surface area contributed by atoms with Crippen LogP contribution in [0.15, 0.2) is 29.2 Å². The Kier molecular flexibility index (Phi) is 2.44. The Hall–Kier alpha value is -0.940. The van der Waals surface area contributed by atoms with E-state index in [9.17, 15) is 0 Å². The lowest BCUT2D eigenvalue weighted by Crippen LogP contribution is -1.92. The van der Waals surface area contributed by atoms with Crippen molar-refractivity contribution in [2.75, 3.05) is 18.8 Å². The molecule has 0 saturated heterocycles. The summed E-state index contributed by atoms with van der Waals surface area (Å²) in [5.74, 6) is 0. The van der Waals surface area contributed by atoms with Crippen molar-refractivity contribution in [3.8, 4) is 6.07 Å². The first-order valence-corrected chi connectivity index (χ1v) is 6.58. The third-order valence-corrected chi connectivity index (χ3v) is 3.38. The second-order valence-corrected chi connectivity index (χ2v) is 7.62. The monoisotopic (exact) mass is 179 g/mol. The minimum absolute atomic E-state index is 0.637. The van der Waals surface area contributed by atoms with Gasteiger partial charge in [0.1, 0.15) is 0 Å². The maximum absolute atomic E-state index is 8.59. The topological polar surface area (TPSA) is 23.8 Å². The molecule has 0 N–H and O–H groups in total. The van der Waals surface area contributed by atoms with E-state index < -0.39 is 10.0 Å². The van der Waals surface area contributed by atoms with Crippen LogP contribution in [0.4, 0.5) is 0 Å². The molecule has 0 atom stereocenters. The van der Waals surface area contributed by atoms with Crippen LogP contribution in [0.1, 0.15) is 5.56 Å². The van der Waals surface area contributed by atoms with Gasteiger partial charge in [-0.05, 0) is 47.9 Å². The van der Waals surface area contributed by atoms with Gasteiger partial charge in [-0.1, -0.05) is 0 Å². The Morgan fingerprint density at radius 2 is 1.58 bits per heavy atom. The number of hydrogen-bond donors (Lipinski definition) is 0. The van der Waals surface area contributed by atoms with Crippen molar-refractivity contribution in [2.45, 2.75) is 4.90 Å². The highest BCUT2D eigenvalue weighted by molar-refractivity contribution is 8.32. The third-order valence-electron chi connectivity index (χ3n) is 1.69. The number of rotatable bonds is 1. The van der Waals surface area contributed by atoms with Gasteiger partial charge in [-0.25, -0.2) is 10.0 Å². The van der Waals surface area contributed by atoms with E-state index in [0.29, 0.717) is 0 Å². The summed E-state index contributed by atoms with van der Waals surface area (Å²) in [6, 6.07) is 9.98. The maximum Gasteiger partial charge on any atom is 0.0991 e. The average molecular weight is 179 g/mol. The molecule has 0 saturated carbocycles. The van der Waals surface area contributed by atoms with E-state index in [1.807, 2.05) is 24.3 Å². The van der Waals surface area contributed by atoms with E-state index >= 15 is 0 Å². The number of hydrogen-bond acceptors (Lipinski definition) is 1. The number of nitriles is 1. The van der Waals surface area contributed by atoms with Gasteiger partial charge >= 0.3 is 0 Å². The van der Waals surface area contributed by atoms with Gasteiger partial charge in [-0.15, -0.1) is 0 Å². The molecule has 1 nitrogen and oxygen atoms in total. The second-order valence-electron chi connectivity index (χ2n) is 3.47. The third kappa shape index (κ3) is 2.02. The van der Waals surface area contributed by atoms with Crippen LogP contribution in [-0.2, 0) is 0 Å². The van der Waals surface area contributed by atoms with Crippen molar-refractivity contribution >= 4 is 10.0 Å². The van der Waals surface area contributed by atoms with E-state index in [1.165, 1.54) is 4.90 Å². The van der Waals surface area contributed by atoms with Crippen LogP contribution in [0.3, 0.4) is 0 Å². The summed E-state index contributed by atoms with van der Waals surface area (Å²) in [6.45, 7) is 0. The summed E-state index contributed by atoms with van der Waals surface area (Å²) in [5.41, 5.74) is 0.738. The first-order valence-electron chi connectivity index (χ1n) is 3.72. The maximum atomic E-state index is 8.59. The fourth-order valence-electron chi connectivity index (χ4n) is 0.938. The molecule has 0 aliphatic rings. The fourth-order valence-corrected chi connectivity index (χ4v) is 1.89. The van der Waals surface area contributed by atoms with Gasteiger partial charge in [-0.3, -0.25) is 0 Å². The SMILES string of the molecule is CS(C)(C)c1ccc(C#N)cc1. The molecular formula is C10H13NS. The average Bonchev–Trinajstić information content (AvgIpc) is 2.03. The Morgan fingerprint density at radius 3 is 1.92 bits per heavy atom. The molecule has 64 valence electrons. The Bertz CT molecular complexity index is 300. The van der Waals surface area contributed by atoms with Crippen LogP contribution < -0.4 is 0 Å². The zero-order valence-electron chi connectivity index (χ0n) is 7.66. The summed E-state index contributed by atoms with van der Waals surface area (Å²) in [5, 5.41) is 8.59. The zero-order chi connectivity index (χ0) is 9.19. The van der Waals surface area contributed by atoms with Crippen molar-refractivity contribution < 1.29 is 0 Å². The summed E-state index contributed by atoms with van der Waals surface area (Å²) < 4.78 is 0. The minimum atomic E-state index is -0.637. The van der Waals surface area contributed by atoms with Crippen molar-refractivity contribution in [3.63, 3.8) is 0 Å². The highest BCUT2D eigenvalue weighted by atomic mass is 32.3. The molecule has 0 aliphatic heterocycles. The van der Waals surface area contributed by atoms with E-state index in [4.69, 9.17) is 5.26 Å². The normalized spacial score (nSPS) is 12.2. The summed E-state index contributed by atoms with van der Waals surface area (Å²) in [7, 11) is -0.637. The summed E-state index contributed by atoms with van der Waals surface area (Å²) in [4.78, 5) is 1.35. The van der Waals surface area contributed by atoms with Gasteiger partial charge in [0.25, 0.3) is 0 Å². The molecular weight excluding hydrogens is 166 g/mol. The van der Waals surface area contributed by atoms with Gasteiger partial charge in [0.2, 0.25) is 0 Å². The molecule has 1 rings (SSSR count).